The molecule has 0 aliphatic heterocycles. The summed E-state index contributed by atoms with van der Waals surface area (Å²) in [5.41, 5.74) is 0. The van der Waals surface area contributed by atoms with Crippen LogP contribution in [0.1, 0.15) is 70.6 Å². The van der Waals surface area contributed by atoms with Gasteiger partial charge in [0, 0.05) is 0 Å². The molecule has 0 spiro atoms. The number of nitrogens with zero attached hydrogens (tertiary/aromatic N) is 2. The smallest absolute Gasteiger partial charge is 0.323 e. The molecule has 0 amide bonds. The van der Waals surface area contributed by atoms with Gasteiger partial charge in [-0.3, -0.25) is 9.13 Å². The first-order valence-electron chi connectivity index (χ1n) is 8.38. The first-order chi connectivity index (χ1) is 11.6. The second kappa shape index (κ2) is 12.8. The van der Waals surface area contributed by atoms with Crippen molar-refractivity contribution in [2.45, 2.75) is 82.2 Å². The molecule has 0 aliphatic rings. The lowest BCUT2D eigenvalue weighted by atomic mass is 10.1. The van der Waals surface area contributed by atoms with Gasteiger partial charge in [-0.15, -0.1) is 9.81 Å². The van der Waals surface area contributed by atoms with Gasteiger partial charge in [0.2, 0.25) is 0 Å². The molecule has 0 rings (SSSR count). The second-order valence-corrected chi connectivity index (χ2v) is 9.66. The number of hydrogen-bond acceptors (Lipinski definition) is 6. The van der Waals surface area contributed by atoms with Crippen LogP contribution in [-0.2, 0) is 9.13 Å². The SMILES string of the molecule is O=NC(CCCCCCCCCCCC(N=O)P(=O)(O)O)P(=O)(O)O. The van der Waals surface area contributed by atoms with Crippen LogP contribution < -0.4 is 0 Å². The van der Waals surface area contributed by atoms with E-state index in [2.05, 4.69) is 10.4 Å². The quantitative estimate of drug-likeness (QED) is 0.171. The molecule has 2 unspecified atom stereocenters. The molecule has 0 saturated heterocycles. The Labute approximate surface area is 147 Å². The van der Waals surface area contributed by atoms with Crippen molar-refractivity contribution in [3.8, 4) is 0 Å². The van der Waals surface area contributed by atoms with Gasteiger partial charge in [0.05, 0.1) is 0 Å². The average molecular weight is 402 g/mol. The molecule has 25 heavy (non-hydrogen) atoms. The van der Waals surface area contributed by atoms with Gasteiger partial charge < -0.3 is 19.6 Å². The highest BCUT2D eigenvalue weighted by Crippen LogP contribution is 2.45. The lowest BCUT2D eigenvalue weighted by Gasteiger charge is -2.10. The fourth-order valence-electron chi connectivity index (χ4n) is 2.46. The third-order valence-corrected chi connectivity index (χ3v) is 6.20. The van der Waals surface area contributed by atoms with Crippen molar-refractivity contribution in [2.24, 2.45) is 10.4 Å². The van der Waals surface area contributed by atoms with E-state index in [1.807, 2.05) is 0 Å². The van der Waals surface area contributed by atoms with Crippen LogP contribution in [0, 0.1) is 9.81 Å². The summed E-state index contributed by atoms with van der Waals surface area (Å²) < 4.78 is 21.8. The zero-order chi connectivity index (χ0) is 19.3. The summed E-state index contributed by atoms with van der Waals surface area (Å²) in [6, 6.07) is 0. The topological polar surface area (TPSA) is 174 Å². The molecule has 12 heteroatoms. The van der Waals surface area contributed by atoms with Crippen molar-refractivity contribution in [3.05, 3.63) is 9.81 Å². The first kappa shape index (κ1) is 24.5. The summed E-state index contributed by atoms with van der Waals surface area (Å²) in [6.07, 6.45) is 7.58. The standard InChI is InChI=1S/C13H28N2O8P2/c16-14-12(24(18,19)20)10-8-6-4-2-1-3-5-7-9-11-13(15-17)25(21,22)23/h12-13H,1-11H2,(H2,18,19,20)(H2,21,22,23). The number of rotatable bonds is 16. The summed E-state index contributed by atoms with van der Waals surface area (Å²) in [5.74, 6) is -2.88. The van der Waals surface area contributed by atoms with Gasteiger partial charge in [-0.25, -0.2) is 0 Å². The number of hydrogen-bond donors (Lipinski definition) is 4. The Bertz CT molecular complexity index is 437. The molecule has 0 aromatic rings. The lowest BCUT2D eigenvalue weighted by Crippen LogP contribution is -2.04. The van der Waals surface area contributed by atoms with Crippen LogP contribution in [0.25, 0.3) is 0 Å². The predicted molar refractivity (Wildman–Crippen MR) is 94.0 cm³/mol. The zero-order valence-electron chi connectivity index (χ0n) is 14.1. The molecule has 0 saturated carbocycles. The molecule has 0 aromatic carbocycles. The largest absolute Gasteiger partial charge is 0.353 e. The molecule has 0 heterocycles. The minimum atomic E-state index is -4.43. The monoisotopic (exact) mass is 402 g/mol. The van der Waals surface area contributed by atoms with Gasteiger partial charge in [0.1, 0.15) is 0 Å². The van der Waals surface area contributed by atoms with Gasteiger partial charge in [0.25, 0.3) is 0 Å². The van der Waals surface area contributed by atoms with E-state index < -0.39 is 26.8 Å². The average Bonchev–Trinajstić information content (AvgIpc) is 2.49. The van der Waals surface area contributed by atoms with Crippen LogP contribution >= 0.6 is 15.2 Å². The fourth-order valence-corrected chi connectivity index (χ4v) is 3.74. The van der Waals surface area contributed by atoms with E-state index in [0.29, 0.717) is 12.8 Å². The molecule has 0 fully saturated rings. The van der Waals surface area contributed by atoms with E-state index in [9.17, 15) is 18.9 Å². The van der Waals surface area contributed by atoms with Gasteiger partial charge in [-0.1, -0.05) is 68.1 Å². The molecule has 10 nitrogen and oxygen atoms in total. The fraction of sp³-hybridized carbons (Fsp3) is 1.00. The summed E-state index contributed by atoms with van der Waals surface area (Å²) in [7, 11) is -8.85. The third kappa shape index (κ3) is 12.5. The van der Waals surface area contributed by atoms with E-state index in [1.54, 1.807) is 0 Å². The third-order valence-electron chi connectivity index (χ3n) is 3.94. The van der Waals surface area contributed by atoms with Gasteiger partial charge >= 0.3 is 15.2 Å². The van der Waals surface area contributed by atoms with E-state index >= 15 is 0 Å². The Morgan fingerprint density at radius 2 is 0.800 bits per heavy atom. The summed E-state index contributed by atoms with van der Waals surface area (Å²) in [4.78, 5) is 56.2. The molecular weight excluding hydrogens is 374 g/mol. The summed E-state index contributed by atoms with van der Waals surface area (Å²) in [5, 5.41) is 4.96. The predicted octanol–water partition coefficient (Wildman–Crippen LogP) is 3.82. The van der Waals surface area contributed by atoms with Crippen molar-refractivity contribution < 1.29 is 28.7 Å². The van der Waals surface area contributed by atoms with E-state index in [0.717, 1.165) is 44.9 Å². The van der Waals surface area contributed by atoms with Crippen molar-refractivity contribution in [2.75, 3.05) is 0 Å². The maximum atomic E-state index is 10.9. The van der Waals surface area contributed by atoms with Crippen molar-refractivity contribution in [1.82, 2.24) is 0 Å². The minimum Gasteiger partial charge on any atom is -0.323 e. The maximum Gasteiger partial charge on any atom is 0.353 e. The van der Waals surface area contributed by atoms with Crippen molar-refractivity contribution >= 4 is 15.2 Å². The van der Waals surface area contributed by atoms with Crippen molar-refractivity contribution in [1.29, 1.82) is 0 Å². The van der Waals surface area contributed by atoms with Gasteiger partial charge in [-0.2, -0.15) is 0 Å². The first-order valence-corrected chi connectivity index (χ1v) is 11.7. The Morgan fingerprint density at radius 3 is 1.00 bits per heavy atom. The summed E-state index contributed by atoms with van der Waals surface area (Å²) >= 11 is 0. The van der Waals surface area contributed by atoms with Crippen LogP contribution in [0.2, 0.25) is 0 Å². The zero-order valence-corrected chi connectivity index (χ0v) is 15.9. The minimum absolute atomic E-state index is 0.0965. The highest BCUT2D eigenvalue weighted by Gasteiger charge is 2.29. The Balaban J connectivity index is 3.54. The van der Waals surface area contributed by atoms with Crippen LogP contribution in [0.4, 0.5) is 0 Å². The van der Waals surface area contributed by atoms with Crippen LogP contribution in [-0.4, -0.2) is 31.1 Å². The Hall–Kier alpha value is -0.500. The van der Waals surface area contributed by atoms with Crippen LogP contribution in [0.3, 0.4) is 0 Å². The molecular formula is C13H28N2O8P2. The van der Waals surface area contributed by atoms with Gasteiger partial charge in [-0.05, 0) is 12.8 Å². The molecule has 4 N–H and O–H groups in total. The molecule has 0 aromatic heterocycles. The Morgan fingerprint density at radius 1 is 0.560 bits per heavy atom. The second-order valence-electron chi connectivity index (χ2n) is 6.11. The van der Waals surface area contributed by atoms with E-state index in [1.165, 1.54) is 0 Å². The van der Waals surface area contributed by atoms with E-state index in [-0.39, 0.29) is 12.8 Å². The molecule has 0 bridgehead atoms. The highest BCUT2D eigenvalue weighted by atomic mass is 31.2. The highest BCUT2D eigenvalue weighted by molar-refractivity contribution is 7.52. The number of nitroso groups, excluding NO2 is 2. The van der Waals surface area contributed by atoms with Crippen LogP contribution in [0.5, 0.6) is 0 Å². The molecule has 148 valence electrons. The van der Waals surface area contributed by atoms with Gasteiger partial charge in [0.15, 0.2) is 11.6 Å². The normalized spacial score (nSPS) is 14.9. The van der Waals surface area contributed by atoms with E-state index in [4.69, 9.17) is 19.6 Å². The molecule has 0 aliphatic carbocycles. The van der Waals surface area contributed by atoms with Crippen LogP contribution in [0.15, 0.2) is 10.4 Å². The Kier molecular flexibility index (Phi) is 12.5. The van der Waals surface area contributed by atoms with Crippen molar-refractivity contribution in [3.63, 3.8) is 0 Å². The molecule has 2 atom stereocenters. The lowest BCUT2D eigenvalue weighted by molar-refractivity contribution is 0.351. The molecule has 0 radical (unpaired) electrons. The number of unbranched alkanes of at least 4 members (excludes halogenated alkanes) is 8. The maximum absolute atomic E-state index is 10.9. The summed E-state index contributed by atoms with van der Waals surface area (Å²) in [6.45, 7) is 0.